The van der Waals surface area contributed by atoms with Gasteiger partial charge in [-0.25, -0.2) is 9.97 Å². The van der Waals surface area contributed by atoms with Crippen LogP contribution in [0.25, 0.3) is 11.1 Å². The molecule has 7 nitrogen and oxygen atoms in total. The summed E-state index contributed by atoms with van der Waals surface area (Å²) in [6.07, 6.45) is 7.05. The second-order valence-corrected chi connectivity index (χ2v) is 9.94. The summed E-state index contributed by atoms with van der Waals surface area (Å²) < 4.78 is 10.7. The normalized spacial score (nSPS) is 16.2. The predicted molar refractivity (Wildman–Crippen MR) is 147 cm³/mol. The molecule has 1 aliphatic rings. The van der Waals surface area contributed by atoms with E-state index < -0.39 is 0 Å². The number of hydrogen-bond donors (Lipinski definition) is 2. The van der Waals surface area contributed by atoms with Gasteiger partial charge in [-0.3, -0.25) is 4.79 Å². The molecular formula is C28H32Cl2N4O3. The maximum absolute atomic E-state index is 13.0. The average molecular weight is 543 g/mol. The Morgan fingerprint density at radius 2 is 1.89 bits per heavy atom. The molecular weight excluding hydrogens is 511 g/mol. The number of nitrogens with one attached hydrogen (secondary N) is 2. The summed E-state index contributed by atoms with van der Waals surface area (Å²) in [7, 11) is 3.21. The monoisotopic (exact) mass is 542 g/mol. The van der Waals surface area contributed by atoms with Gasteiger partial charge in [0.2, 0.25) is 5.91 Å². The molecule has 4 rings (SSSR count). The molecule has 9 heteroatoms. The molecule has 2 N–H and O–H groups in total. The standard InChI is InChI=1S/C28H32Cl2N4O3/c1-36-24-9-8-18(14-25(24)37-2)21-16-32-26(33-17-21)10-11-27(35)34-23(20-6-4-12-31-15-20)13-19-5-3-7-22(29)28(19)30/h3,5,7-9,14,16-17,20,23,31H,4,6,10-13,15H2,1-2H3,(H,34,35). The van der Waals surface area contributed by atoms with Crippen LogP contribution in [-0.2, 0) is 17.6 Å². The number of methoxy groups -OCH3 is 2. The quantitative estimate of drug-likeness (QED) is 0.369. The third-order valence-corrected chi connectivity index (χ3v) is 7.58. The molecule has 2 heterocycles. The molecule has 2 atom stereocenters. The van der Waals surface area contributed by atoms with Gasteiger partial charge in [0.1, 0.15) is 5.82 Å². The molecule has 2 aromatic carbocycles. The lowest BCUT2D eigenvalue weighted by molar-refractivity contribution is -0.122. The van der Waals surface area contributed by atoms with Crippen molar-refractivity contribution in [2.45, 2.75) is 38.1 Å². The maximum Gasteiger partial charge on any atom is 0.220 e. The number of aryl methyl sites for hydroxylation is 1. The minimum Gasteiger partial charge on any atom is -0.493 e. The van der Waals surface area contributed by atoms with Crippen molar-refractivity contribution in [3.63, 3.8) is 0 Å². The Hall–Kier alpha value is -2.87. The molecule has 196 valence electrons. The molecule has 1 aromatic heterocycles. The van der Waals surface area contributed by atoms with Crippen LogP contribution in [0.2, 0.25) is 10.0 Å². The molecule has 0 bridgehead atoms. The molecule has 0 spiro atoms. The summed E-state index contributed by atoms with van der Waals surface area (Å²) in [5.74, 6) is 2.22. The number of piperidine rings is 1. The van der Waals surface area contributed by atoms with Crippen molar-refractivity contribution < 1.29 is 14.3 Å². The van der Waals surface area contributed by atoms with Crippen LogP contribution in [0.3, 0.4) is 0 Å². The van der Waals surface area contributed by atoms with Gasteiger partial charge < -0.3 is 20.1 Å². The molecule has 1 fully saturated rings. The molecule has 2 unspecified atom stereocenters. The van der Waals surface area contributed by atoms with E-state index in [0.29, 0.717) is 52.5 Å². The highest BCUT2D eigenvalue weighted by Crippen LogP contribution is 2.32. The highest BCUT2D eigenvalue weighted by molar-refractivity contribution is 6.42. The smallest absolute Gasteiger partial charge is 0.220 e. The summed E-state index contributed by atoms with van der Waals surface area (Å²) in [4.78, 5) is 21.9. The second kappa shape index (κ2) is 13.1. The third kappa shape index (κ3) is 7.12. The SMILES string of the molecule is COc1ccc(-c2cnc(CCC(=O)NC(Cc3cccc(Cl)c3Cl)C3CCCNC3)nc2)cc1OC. The van der Waals surface area contributed by atoms with Crippen molar-refractivity contribution in [2.24, 2.45) is 5.92 Å². The first-order valence-electron chi connectivity index (χ1n) is 12.4. The number of carbonyl (C=O) groups excluding carboxylic acids is 1. The summed E-state index contributed by atoms with van der Waals surface area (Å²) in [5, 5.41) is 7.77. The van der Waals surface area contributed by atoms with Gasteiger partial charge in [-0.15, -0.1) is 0 Å². The molecule has 0 aliphatic carbocycles. The summed E-state index contributed by atoms with van der Waals surface area (Å²) in [6, 6.07) is 11.3. The number of ether oxygens (including phenoxy) is 2. The minimum absolute atomic E-state index is 0.0266. The highest BCUT2D eigenvalue weighted by atomic mass is 35.5. The van der Waals surface area contributed by atoms with Gasteiger partial charge in [0.05, 0.1) is 24.3 Å². The Morgan fingerprint density at radius 3 is 2.59 bits per heavy atom. The lowest BCUT2D eigenvalue weighted by atomic mass is 9.87. The fourth-order valence-electron chi connectivity index (χ4n) is 4.65. The van der Waals surface area contributed by atoms with Crippen LogP contribution < -0.4 is 20.1 Å². The lowest BCUT2D eigenvalue weighted by Gasteiger charge is -2.32. The van der Waals surface area contributed by atoms with Gasteiger partial charge in [-0.2, -0.15) is 0 Å². The zero-order chi connectivity index (χ0) is 26.2. The van der Waals surface area contributed by atoms with E-state index >= 15 is 0 Å². The molecule has 3 aromatic rings. The van der Waals surface area contributed by atoms with Crippen molar-refractivity contribution in [3.8, 4) is 22.6 Å². The van der Waals surface area contributed by atoms with Crippen LogP contribution in [0.1, 0.15) is 30.7 Å². The topological polar surface area (TPSA) is 85.4 Å². The van der Waals surface area contributed by atoms with Crippen LogP contribution in [0.5, 0.6) is 11.5 Å². The number of carbonyl (C=O) groups is 1. The molecule has 0 radical (unpaired) electrons. The van der Waals surface area contributed by atoms with Gasteiger partial charge in [0.25, 0.3) is 0 Å². The number of benzene rings is 2. The Morgan fingerprint density at radius 1 is 1.11 bits per heavy atom. The molecule has 37 heavy (non-hydrogen) atoms. The van der Waals surface area contributed by atoms with Crippen LogP contribution in [-0.4, -0.2) is 49.2 Å². The van der Waals surface area contributed by atoms with E-state index in [4.69, 9.17) is 32.7 Å². The van der Waals surface area contributed by atoms with Crippen LogP contribution in [0.15, 0.2) is 48.8 Å². The van der Waals surface area contributed by atoms with Crippen molar-refractivity contribution in [1.82, 2.24) is 20.6 Å². The lowest BCUT2D eigenvalue weighted by Crippen LogP contribution is -2.47. The van der Waals surface area contributed by atoms with E-state index in [9.17, 15) is 4.79 Å². The first-order valence-corrected chi connectivity index (χ1v) is 13.2. The molecule has 1 amide bonds. The number of aromatic nitrogens is 2. The summed E-state index contributed by atoms with van der Waals surface area (Å²) in [6.45, 7) is 1.87. The van der Waals surface area contributed by atoms with Gasteiger partial charge in [0, 0.05) is 36.8 Å². The predicted octanol–water partition coefficient (Wildman–Crippen LogP) is 5.13. The van der Waals surface area contributed by atoms with Crippen molar-refractivity contribution in [1.29, 1.82) is 0 Å². The van der Waals surface area contributed by atoms with E-state index in [1.54, 1.807) is 32.7 Å². The van der Waals surface area contributed by atoms with Gasteiger partial charge in [0.15, 0.2) is 11.5 Å². The Kier molecular flexibility index (Phi) is 9.61. The summed E-state index contributed by atoms with van der Waals surface area (Å²) >= 11 is 12.7. The fraction of sp³-hybridized carbons (Fsp3) is 0.393. The molecule has 0 saturated carbocycles. The minimum atomic E-state index is -0.0374. The molecule has 1 saturated heterocycles. The Labute approximate surface area is 227 Å². The maximum atomic E-state index is 13.0. The van der Waals surface area contributed by atoms with E-state index in [1.807, 2.05) is 30.3 Å². The number of halogens is 2. The largest absolute Gasteiger partial charge is 0.493 e. The van der Waals surface area contributed by atoms with Gasteiger partial charge in [-0.1, -0.05) is 41.4 Å². The molecule has 1 aliphatic heterocycles. The number of hydrogen-bond acceptors (Lipinski definition) is 6. The first-order chi connectivity index (χ1) is 18.0. The van der Waals surface area contributed by atoms with E-state index in [-0.39, 0.29) is 11.9 Å². The van der Waals surface area contributed by atoms with Crippen LogP contribution in [0, 0.1) is 5.92 Å². The van der Waals surface area contributed by atoms with E-state index in [0.717, 1.165) is 42.6 Å². The number of nitrogens with zero attached hydrogens (tertiary/aromatic N) is 2. The Bertz CT molecular complexity index is 1200. The number of rotatable bonds is 10. The van der Waals surface area contributed by atoms with Crippen molar-refractivity contribution >= 4 is 29.1 Å². The van der Waals surface area contributed by atoms with Crippen LogP contribution >= 0.6 is 23.2 Å². The zero-order valence-corrected chi connectivity index (χ0v) is 22.6. The van der Waals surface area contributed by atoms with Gasteiger partial charge >= 0.3 is 0 Å². The first kappa shape index (κ1) is 27.2. The Balaban J connectivity index is 1.38. The van der Waals surface area contributed by atoms with E-state index in [2.05, 4.69) is 20.6 Å². The van der Waals surface area contributed by atoms with Gasteiger partial charge in [-0.05, 0) is 67.6 Å². The average Bonchev–Trinajstić information content (AvgIpc) is 2.94. The van der Waals surface area contributed by atoms with E-state index in [1.165, 1.54) is 0 Å². The van der Waals surface area contributed by atoms with Crippen LogP contribution in [0.4, 0.5) is 0 Å². The van der Waals surface area contributed by atoms with Crippen molar-refractivity contribution in [3.05, 3.63) is 70.2 Å². The zero-order valence-electron chi connectivity index (χ0n) is 21.1. The number of amides is 1. The summed E-state index contributed by atoms with van der Waals surface area (Å²) in [5.41, 5.74) is 2.72. The fourth-order valence-corrected chi connectivity index (χ4v) is 5.05. The third-order valence-electron chi connectivity index (χ3n) is 6.72. The highest BCUT2D eigenvalue weighted by Gasteiger charge is 2.26. The second-order valence-electron chi connectivity index (χ2n) is 9.16. The van der Waals surface area contributed by atoms with Crippen molar-refractivity contribution in [2.75, 3.05) is 27.3 Å².